The number of nitrogens with zero attached hydrogens (tertiary/aromatic N) is 5. The number of aromatic nitrogens is 4. The summed E-state index contributed by atoms with van der Waals surface area (Å²) < 4.78 is 1.93. The van der Waals surface area contributed by atoms with E-state index in [2.05, 4.69) is 85.0 Å². The number of hydrogen-bond acceptors (Lipinski definition) is 7. The minimum atomic E-state index is -1.82. The van der Waals surface area contributed by atoms with Crippen LogP contribution < -0.4 is 5.32 Å². The smallest absolute Gasteiger partial charge is 0.414 e. The fourth-order valence-electron chi connectivity index (χ4n) is 5.03. The van der Waals surface area contributed by atoms with Gasteiger partial charge >= 0.3 is 11.9 Å². The molecular formula is C29H35N7O5. The van der Waals surface area contributed by atoms with E-state index in [0.29, 0.717) is 12.6 Å². The largest absolute Gasteiger partial charge is 0.473 e. The third-order valence-corrected chi connectivity index (χ3v) is 7.07. The first-order valence-electron chi connectivity index (χ1n) is 13.5. The quantitative estimate of drug-likeness (QED) is 0.225. The maximum atomic E-state index is 11.6. The number of aliphatic carboxylic acids is 2. The van der Waals surface area contributed by atoms with Gasteiger partial charge in [0, 0.05) is 68.5 Å². The Hall–Kier alpha value is -4.55. The van der Waals surface area contributed by atoms with Crippen LogP contribution in [-0.4, -0.2) is 96.4 Å². The monoisotopic (exact) mass is 561 g/mol. The van der Waals surface area contributed by atoms with Crippen LogP contribution in [0.15, 0.2) is 67.4 Å². The van der Waals surface area contributed by atoms with Gasteiger partial charge in [-0.15, -0.1) is 10.2 Å². The summed E-state index contributed by atoms with van der Waals surface area (Å²) in [5, 5.41) is 26.9. The molecule has 1 amide bonds. The standard InChI is InChI=1S/C27H33N7O.C2H2O4/c1-21(35)28-16-25-18-32(17-22-6-3-2-4-7-22)12-13-33(25)11-5-8-23-15-29-27-10-9-24(14-26(23)27)34-19-30-31-20-34;3-1(4)2(5)6/h2-4,6-7,9-10,14-15,19-20,25,29H,5,8,11-13,16-18H2,1H3,(H,28,35);(H,3,4)(H,5,6). The fraction of sp³-hybridized carbons (Fsp3) is 0.345. The molecule has 4 aromatic rings. The molecule has 1 atom stereocenters. The van der Waals surface area contributed by atoms with Gasteiger partial charge in [0.25, 0.3) is 0 Å². The lowest BCUT2D eigenvalue weighted by atomic mass is 10.1. The summed E-state index contributed by atoms with van der Waals surface area (Å²) >= 11 is 0. The van der Waals surface area contributed by atoms with E-state index in [9.17, 15) is 4.79 Å². The van der Waals surface area contributed by atoms with Gasteiger partial charge in [0.15, 0.2) is 0 Å². The Bertz CT molecular complexity index is 1430. The van der Waals surface area contributed by atoms with Gasteiger partial charge in [-0.05, 0) is 48.7 Å². The molecule has 2 aromatic carbocycles. The lowest BCUT2D eigenvalue weighted by Crippen LogP contribution is -2.56. The van der Waals surface area contributed by atoms with Gasteiger partial charge in [0.05, 0.1) is 0 Å². The van der Waals surface area contributed by atoms with Crippen LogP contribution in [0.3, 0.4) is 0 Å². The van der Waals surface area contributed by atoms with Crippen molar-refractivity contribution in [2.45, 2.75) is 32.4 Å². The number of H-pyrrole nitrogens is 1. The molecule has 1 aliphatic heterocycles. The van der Waals surface area contributed by atoms with Crippen molar-refractivity contribution in [2.24, 2.45) is 0 Å². The lowest BCUT2D eigenvalue weighted by Gasteiger charge is -2.41. The Balaban J connectivity index is 0.000000585. The molecule has 12 nitrogen and oxygen atoms in total. The second-order valence-electron chi connectivity index (χ2n) is 9.97. The second kappa shape index (κ2) is 14.2. The van der Waals surface area contributed by atoms with Crippen LogP contribution in [0.1, 0.15) is 24.5 Å². The highest BCUT2D eigenvalue weighted by Gasteiger charge is 2.27. The maximum Gasteiger partial charge on any atom is 0.414 e. The summed E-state index contributed by atoms with van der Waals surface area (Å²) in [7, 11) is 0. The summed E-state index contributed by atoms with van der Waals surface area (Å²) in [6.45, 7) is 7.28. The van der Waals surface area contributed by atoms with Crippen molar-refractivity contribution >= 4 is 28.7 Å². The van der Waals surface area contributed by atoms with Crippen LogP contribution in [0.25, 0.3) is 16.6 Å². The van der Waals surface area contributed by atoms with Crippen molar-refractivity contribution in [1.82, 2.24) is 34.9 Å². The molecule has 1 saturated heterocycles. The van der Waals surface area contributed by atoms with Crippen molar-refractivity contribution < 1.29 is 24.6 Å². The number of hydrogen-bond donors (Lipinski definition) is 4. The first-order chi connectivity index (χ1) is 19.8. The first kappa shape index (κ1) is 29.4. The average Bonchev–Trinajstić information content (AvgIpc) is 3.64. The number of carboxylic acids is 2. The number of benzene rings is 2. The third-order valence-electron chi connectivity index (χ3n) is 7.07. The zero-order chi connectivity index (χ0) is 29.2. The molecule has 0 bridgehead atoms. The summed E-state index contributed by atoms with van der Waals surface area (Å²) in [6, 6.07) is 17.3. The number of aryl methyl sites for hydroxylation is 1. The molecule has 0 spiro atoms. The van der Waals surface area contributed by atoms with Crippen molar-refractivity contribution in [3.63, 3.8) is 0 Å². The summed E-state index contributed by atoms with van der Waals surface area (Å²) in [5.41, 5.74) is 4.88. The summed E-state index contributed by atoms with van der Waals surface area (Å²) in [5.74, 6) is -3.61. The van der Waals surface area contributed by atoms with Gasteiger partial charge in [-0.3, -0.25) is 19.2 Å². The Kier molecular flexibility index (Phi) is 10.2. The number of rotatable bonds is 9. The van der Waals surface area contributed by atoms with Gasteiger partial charge < -0.3 is 20.5 Å². The molecule has 216 valence electrons. The topological polar surface area (TPSA) is 157 Å². The molecule has 5 rings (SSSR count). The van der Waals surface area contributed by atoms with E-state index < -0.39 is 11.9 Å². The van der Waals surface area contributed by atoms with Crippen LogP contribution in [0.5, 0.6) is 0 Å². The van der Waals surface area contributed by atoms with Gasteiger partial charge in [-0.2, -0.15) is 0 Å². The van der Waals surface area contributed by atoms with Crippen molar-refractivity contribution in [3.8, 4) is 5.69 Å². The number of piperazine rings is 1. The molecule has 12 heteroatoms. The molecule has 0 radical (unpaired) electrons. The molecule has 2 aromatic heterocycles. The minimum Gasteiger partial charge on any atom is -0.473 e. The SMILES string of the molecule is CC(=O)NCC1CN(Cc2ccccc2)CCN1CCCc1c[nH]c2ccc(-n3cnnc3)cc12.O=C(O)C(=O)O. The highest BCUT2D eigenvalue weighted by atomic mass is 16.4. The van der Waals surface area contributed by atoms with Gasteiger partial charge in [0.1, 0.15) is 12.7 Å². The zero-order valence-electron chi connectivity index (χ0n) is 22.9. The molecule has 1 aliphatic rings. The number of nitrogens with one attached hydrogen (secondary N) is 2. The van der Waals surface area contributed by atoms with Crippen LogP contribution in [0, 0.1) is 0 Å². The molecule has 3 heterocycles. The lowest BCUT2D eigenvalue weighted by molar-refractivity contribution is -0.159. The Morgan fingerprint density at radius 1 is 1.02 bits per heavy atom. The van der Waals surface area contributed by atoms with Crippen LogP contribution in [-0.2, 0) is 27.3 Å². The van der Waals surface area contributed by atoms with Crippen molar-refractivity contribution in [3.05, 3.63) is 78.5 Å². The van der Waals surface area contributed by atoms with Crippen LogP contribution in [0.4, 0.5) is 0 Å². The molecule has 0 saturated carbocycles. The van der Waals surface area contributed by atoms with Crippen LogP contribution in [0.2, 0.25) is 0 Å². The maximum absolute atomic E-state index is 11.6. The summed E-state index contributed by atoms with van der Waals surface area (Å²) in [4.78, 5) is 38.3. The molecule has 41 heavy (non-hydrogen) atoms. The number of fused-ring (bicyclic) bond motifs is 1. The predicted octanol–water partition coefficient (Wildman–Crippen LogP) is 2.16. The highest BCUT2D eigenvalue weighted by molar-refractivity contribution is 6.27. The summed E-state index contributed by atoms with van der Waals surface area (Å²) in [6.07, 6.45) is 7.65. The normalized spacial score (nSPS) is 15.7. The zero-order valence-corrected chi connectivity index (χ0v) is 22.9. The third kappa shape index (κ3) is 8.47. The van der Waals surface area contributed by atoms with Gasteiger partial charge in [-0.1, -0.05) is 30.3 Å². The van der Waals surface area contributed by atoms with E-state index in [1.165, 1.54) is 16.5 Å². The van der Waals surface area contributed by atoms with E-state index in [0.717, 1.165) is 56.8 Å². The molecule has 1 unspecified atom stereocenters. The van der Waals surface area contributed by atoms with Crippen molar-refractivity contribution in [1.29, 1.82) is 0 Å². The molecule has 4 N–H and O–H groups in total. The van der Waals surface area contributed by atoms with Gasteiger partial charge in [0.2, 0.25) is 5.91 Å². The molecule has 0 aliphatic carbocycles. The number of carboxylic acid groups (broad SMARTS) is 2. The highest BCUT2D eigenvalue weighted by Crippen LogP contribution is 2.23. The Labute approximate surface area is 237 Å². The van der Waals surface area contributed by atoms with E-state index in [4.69, 9.17) is 19.8 Å². The second-order valence-corrected chi connectivity index (χ2v) is 9.97. The first-order valence-corrected chi connectivity index (χ1v) is 13.5. The number of carbonyl (C=O) groups excluding carboxylic acids is 1. The van der Waals surface area contributed by atoms with E-state index in [1.807, 2.05) is 4.57 Å². The molecular weight excluding hydrogens is 526 g/mol. The Morgan fingerprint density at radius 3 is 2.44 bits per heavy atom. The average molecular weight is 562 g/mol. The number of carbonyl (C=O) groups is 3. The molecule has 1 fully saturated rings. The van der Waals surface area contributed by atoms with Crippen LogP contribution >= 0.6 is 0 Å². The number of aromatic amines is 1. The predicted molar refractivity (Wildman–Crippen MR) is 153 cm³/mol. The van der Waals surface area contributed by atoms with E-state index in [-0.39, 0.29) is 5.91 Å². The van der Waals surface area contributed by atoms with E-state index in [1.54, 1.807) is 19.6 Å². The number of amides is 1. The fourth-order valence-corrected chi connectivity index (χ4v) is 5.03. The van der Waals surface area contributed by atoms with Crippen molar-refractivity contribution in [2.75, 3.05) is 32.7 Å². The minimum absolute atomic E-state index is 0.0350. The van der Waals surface area contributed by atoms with E-state index >= 15 is 0 Å². The Morgan fingerprint density at radius 2 is 1.76 bits per heavy atom. The van der Waals surface area contributed by atoms with Gasteiger partial charge in [-0.25, -0.2) is 9.59 Å².